The number of fused-ring (bicyclic) bond motifs is 1. The molecule has 0 aliphatic carbocycles. The number of nitrogens with one attached hydrogen (secondary N) is 1. The number of aromatic hydroxyl groups is 1. The van der Waals surface area contributed by atoms with Crippen LogP contribution in [0.15, 0.2) is 54.6 Å². The molecule has 0 spiro atoms. The van der Waals surface area contributed by atoms with Crippen LogP contribution in [0.1, 0.15) is 27.7 Å². The molecule has 3 aromatic carbocycles. The number of phenolic OH excluding ortho intramolecular Hbond substituents is 1. The molecule has 1 atom stereocenters. The number of benzene rings is 3. The van der Waals surface area contributed by atoms with Gasteiger partial charge in [0.25, 0.3) is 0 Å². The maximum atomic E-state index is 13.2. The molecule has 0 radical (unpaired) electrons. The van der Waals surface area contributed by atoms with Gasteiger partial charge in [-0.25, -0.2) is 9.18 Å². The summed E-state index contributed by atoms with van der Waals surface area (Å²) in [6, 6.07) is 12.2. The molecule has 0 aliphatic heterocycles. The number of halogens is 3. The van der Waals surface area contributed by atoms with Gasteiger partial charge in [0.05, 0.1) is 10.0 Å². The summed E-state index contributed by atoms with van der Waals surface area (Å²) in [5.41, 5.74) is 0.879. The summed E-state index contributed by atoms with van der Waals surface area (Å²) in [7, 11) is 0. The van der Waals surface area contributed by atoms with Crippen LogP contribution < -0.4 is 4.74 Å². The summed E-state index contributed by atoms with van der Waals surface area (Å²) in [5.74, 6) is -1.49. The number of aromatic carboxylic acids is 1. The first-order chi connectivity index (χ1) is 14.7. The van der Waals surface area contributed by atoms with Gasteiger partial charge in [-0.1, -0.05) is 35.3 Å². The highest BCUT2D eigenvalue weighted by atomic mass is 35.5. The van der Waals surface area contributed by atoms with E-state index in [0.717, 1.165) is 0 Å². The Bertz CT molecular complexity index is 1300. The third-order valence-electron chi connectivity index (χ3n) is 4.70. The molecule has 1 unspecified atom stereocenters. The van der Waals surface area contributed by atoms with Crippen LogP contribution in [-0.4, -0.2) is 26.3 Å². The molecule has 0 saturated carbocycles. The van der Waals surface area contributed by atoms with E-state index >= 15 is 0 Å². The molecule has 1 aromatic heterocycles. The number of carboxylic acid groups (broad SMARTS) is 1. The van der Waals surface area contributed by atoms with E-state index < -0.39 is 17.9 Å². The van der Waals surface area contributed by atoms with Crippen LogP contribution in [0.5, 0.6) is 17.2 Å². The largest absolute Gasteiger partial charge is 0.508 e. The lowest BCUT2D eigenvalue weighted by Gasteiger charge is -2.16. The molecule has 0 fully saturated rings. The van der Waals surface area contributed by atoms with Gasteiger partial charge in [0.2, 0.25) is 0 Å². The number of aromatic amines is 1. The van der Waals surface area contributed by atoms with Crippen LogP contribution in [0.4, 0.5) is 4.39 Å². The number of aliphatic hydroxyl groups excluding tert-OH is 1. The lowest BCUT2D eigenvalue weighted by atomic mass is 10.0. The molecule has 9 heteroatoms. The van der Waals surface area contributed by atoms with Crippen LogP contribution >= 0.6 is 23.2 Å². The molecule has 1 heterocycles. The van der Waals surface area contributed by atoms with Crippen molar-refractivity contribution >= 4 is 40.1 Å². The number of rotatable bonds is 5. The molecule has 4 rings (SSSR count). The summed E-state index contributed by atoms with van der Waals surface area (Å²) in [4.78, 5) is 13.9. The number of carbonyl (C=O) groups is 1. The molecule has 0 saturated heterocycles. The Labute approximate surface area is 185 Å². The number of ether oxygens (including phenoxy) is 1. The minimum Gasteiger partial charge on any atom is -0.508 e. The Kier molecular flexibility index (Phi) is 5.49. The van der Waals surface area contributed by atoms with Crippen molar-refractivity contribution < 1.29 is 29.2 Å². The summed E-state index contributed by atoms with van der Waals surface area (Å²) < 4.78 is 19.0. The predicted molar refractivity (Wildman–Crippen MR) is 114 cm³/mol. The molecule has 0 amide bonds. The fraction of sp³-hybridized carbons (Fsp3) is 0.0455. The molecule has 31 heavy (non-hydrogen) atoms. The third kappa shape index (κ3) is 4.03. The molecular formula is C22H14Cl2FNO5. The first-order valence-electron chi connectivity index (χ1n) is 8.93. The molecule has 158 valence electrons. The predicted octanol–water partition coefficient (Wildman–Crippen LogP) is 5.89. The molecule has 0 bridgehead atoms. The molecule has 6 nitrogen and oxygen atoms in total. The van der Waals surface area contributed by atoms with Crippen molar-refractivity contribution in [1.82, 2.24) is 4.98 Å². The zero-order valence-electron chi connectivity index (χ0n) is 15.6. The van der Waals surface area contributed by atoms with Crippen LogP contribution in [0.2, 0.25) is 10.0 Å². The Hall–Kier alpha value is -3.26. The van der Waals surface area contributed by atoms with Crippen molar-refractivity contribution in [2.75, 3.05) is 0 Å². The van der Waals surface area contributed by atoms with Gasteiger partial charge in [-0.05, 0) is 48.0 Å². The molecular weight excluding hydrogens is 448 g/mol. The Morgan fingerprint density at radius 2 is 1.77 bits per heavy atom. The number of H-pyrrole nitrogens is 1. The van der Waals surface area contributed by atoms with Gasteiger partial charge in [0.1, 0.15) is 29.1 Å². The number of aromatic nitrogens is 1. The summed E-state index contributed by atoms with van der Waals surface area (Å²) in [6.07, 6.45) is -1.24. The second-order valence-electron chi connectivity index (χ2n) is 6.73. The lowest BCUT2D eigenvalue weighted by Crippen LogP contribution is -2.01. The van der Waals surface area contributed by atoms with Crippen molar-refractivity contribution in [3.8, 4) is 17.2 Å². The van der Waals surface area contributed by atoms with Gasteiger partial charge in [-0.2, -0.15) is 0 Å². The van der Waals surface area contributed by atoms with Crippen molar-refractivity contribution in [1.29, 1.82) is 0 Å². The highest BCUT2D eigenvalue weighted by Gasteiger charge is 2.20. The van der Waals surface area contributed by atoms with Crippen LogP contribution in [-0.2, 0) is 0 Å². The summed E-state index contributed by atoms with van der Waals surface area (Å²) in [5, 5.41) is 30.6. The highest BCUT2D eigenvalue weighted by molar-refractivity contribution is 6.41. The standard InChI is InChI=1S/C22H14Cl2FNO5/c23-15-9-16-13(8-17(26-16)22(29)30)19(24)21(15)31-12-5-6-18(27)14(7-12)20(28)10-1-3-11(25)4-2-10/h1-9,20,26-28H,(H,29,30). The molecule has 4 aromatic rings. The Morgan fingerprint density at radius 3 is 2.45 bits per heavy atom. The van der Waals surface area contributed by atoms with Crippen LogP contribution in [0.3, 0.4) is 0 Å². The van der Waals surface area contributed by atoms with Gasteiger partial charge in [0.15, 0.2) is 5.75 Å². The first-order valence-corrected chi connectivity index (χ1v) is 9.68. The lowest BCUT2D eigenvalue weighted by molar-refractivity contribution is 0.0691. The van der Waals surface area contributed by atoms with Gasteiger partial charge >= 0.3 is 5.97 Å². The quantitative estimate of drug-likeness (QED) is 0.296. The minimum atomic E-state index is -1.24. The monoisotopic (exact) mass is 461 g/mol. The average molecular weight is 462 g/mol. The number of aliphatic hydroxyl groups is 1. The number of carboxylic acids is 1. The average Bonchev–Trinajstić information content (AvgIpc) is 3.17. The van der Waals surface area contributed by atoms with E-state index in [9.17, 15) is 19.4 Å². The van der Waals surface area contributed by atoms with Crippen molar-refractivity contribution in [2.24, 2.45) is 0 Å². The number of phenols is 1. The number of hydrogen-bond donors (Lipinski definition) is 4. The number of hydrogen-bond acceptors (Lipinski definition) is 4. The topological polar surface area (TPSA) is 103 Å². The molecule has 0 aliphatic rings. The van der Waals surface area contributed by atoms with E-state index in [-0.39, 0.29) is 38.6 Å². The zero-order chi connectivity index (χ0) is 22.3. The second kappa shape index (κ2) is 8.11. The van der Waals surface area contributed by atoms with E-state index in [2.05, 4.69) is 4.98 Å². The summed E-state index contributed by atoms with van der Waals surface area (Å²) in [6.45, 7) is 0. The smallest absolute Gasteiger partial charge is 0.352 e. The minimum absolute atomic E-state index is 0.0561. The van der Waals surface area contributed by atoms with Gasteiger partial charge in [-0.15, -0.1) is 0 Å². The van der Waals surface area contributed by atoms with E-state index in [1.807, 2.05) is 0 Å². The van der Waals surface area contributed by atoms with Crippen molar-refractivity contribution in [2.45, 2.75) is 6.10 Å². The van der Waals surface area contributed by atoms with Gasteiger partial charge in [-0.3, -0.25) is 0 Å². The van der Waals surface area contributed by atoms with E-state index in [0.29, 0.717) is 16.5 Å². The second-order valence-corrected chi connectivity index (χ2v) is 7.51. The van der Waals surface area contributed by atoms with Crippen molar-refractivity contribution in [3.63, 3.8) is 0 Å². The highest BCUT2D eigenvalue weighted by Crippen LogP contribution is 2.43. The third-order valence-corrected chi connectivity index (χ3v) is 5.36. The Morgan fingerprint density at radius 1 is 1.06 bits per heavy atom. The maximum Gasteiger partial charge on any atom is 0.352 e. The summed E-state index contributed by atoms with van der Waals surface area (Å²) >= 11 is 12.7. The fourth-order valence-corrected chi connectivity index (χ4v) is 3.74. The SMILES string of the molecule is O=C(O)c1cc2c(Cl)c(Oc3ccc(O)c(C(O)c4ccc(F)cc4)c3)c(Cl)cc2[nH]1. The van der Waals surface area contributed by atoms with E-state index in [4.69, 9.17) is 33.0 Å². The zero-order valence-corrected chi connectivity index (χ0v) is 17.1. The van der Waals surface area contributed by atoms with Gasteiger partial charge in [0, 0.05) is 16.5 Å². The maximum absolute atomic E-state index is 13.2. The van der Waals surface area contributed by atoms with Gasteiger partial charge < -0.3 is 25.0 Å². The van der Waals surface area contributed by atoms with E-state index in [1.165, 1.54) is 54.6 Å². The first kappa shape index (κ1) is 21.0. The van der Waals surface area contributed by atoms with Crippen LogP contribution in [0, 0.1) is 5.82 Å². The van der Waals surface area contributed by atoms with Crippen molar-refractivity contribution in [3.05, 3.63) is 87.3 Å². The van der Waals surface area contributed by atoms with Crippen LogP contribution in [0.25, 0.3) is 10.9 Å². The molecule has 4 N–H and O–H groups in total. The normalized spacial score (nSPS) is 12.1. The fourth-order valence-electron chi connectivity index (χ4n) is 3.15. The van der Waals surface area contributed by atoms with E-state index in [1.54, 1.807) is 0 Å². The Balaban J connectivity index is 1.71.